The van der Waals surface area contributed by atoms with Gasteiger partial charge in [-0.3, -0.25) is 0 Å². The van der Waals surface area contributed by atoms with Gasteiger partial charge >= 0.3 is 6.09 Å². The number of carbonyl (C=O) groups is 1. The molecule has 1 N–H and O–H groups in total. The Kier molecular flexibility index (Phi) is 5.08. The molecule has 0 aromatic heterocycles. The van der Waals surface area contributed by atoms with Crippen LogP contribution in [-0.4, -0.2) is 22.8 Å². The Labute approximate surface area is 113 Å². The van der Waals surface area contributed by atoms with Crippen molar-refractivity contribution in [2.24, 2.45) is 5.92 Å². The SMILES string of the molecule is CC(C)CN(Oc1cc(Cl)cc(Br)c1)C(=O)O. The normalized spacial score (nSPS) is 10.4. The number of halogens is 2. The van der Waals surface area contributed by atoms with E-state index in [-0.39, 0.29) is 5.92 Å². The summed E-state index contributed by atoms with van der Waals surface area (Å²) in [5.41, 5.74) is 0. The molecule has 4 nitrogen and oxygen atoms in total. The number of nitrogens with zero attached hydrogens (tertiary/aromatic N) is 1. The van der Waals surface area contributed by atoms with Crippen LogP contribution in [0.15, 0.2) is 22.7 Å². The first-order valence-corrected chi connectivity index (χ1v) is 6.20. The Balaban J connectivity index is 2.82. The molecule has 0 unspecified atom stereocenters. The van der Waals surface area contributed by atoms with Crippen LogP contribution < -0.4 is 4.84 Å². The van der Waals surface area contributed by atoms with E-state index in [0.717, 1.165) is 9.54 Å². The van der Waals surface area contributed by atoms with E-state index in [4.69, 9.17) is 21.5 Å². The molecule has 0 atom stereocenters. The van der Waals surface area contributed by atoms with Crippen LogP contribution in [0.5, 0.6) is 5.75 Å². The fourth-order valence-electron chi connectivity index (χ4n) is 1.19. The summed E-state index contributed by atoms with van der Waals surface area (Å²) in [5.74, 6) is 0.557. The zero-order valence-corrected chi connectivity index (χ0v) is 11.8. The lowest BCUT2D eigenvalue weighted by Crippen LogP contribution is -2.35. The maximum atomic E-state index is 11.0. The van der Waals surface area contributed by atoms with Crippen LogP contribution in [0.4, 0.5) is 4.79 Å². The van der Waals surface area contributed by atoms with Crippen LogP contribution in [0, 0.1) is 5.92 Å². The average Bonchev–Trinajstić information content (AvgIpc) is 2.13. The first-order valence-electron chi connectivity index (χ1n) is 5.03. The van der Waals surface area contributed by atoms with Crippen molar-refractivity contribution < 1.29 is 14.7 Å². The maximum Gasteiger partial charge on any atom is 0.440 e. The van der Waals surface area contributed by atoms with Crippen molar-refractivity contribution in [3.8, 4) is 5.75 Å². The van der Waals surface area contributed by atoms with Gasteiger partial charge in [0, 0.05) is 15.6 Å². The van der Waals surface area contributed by atoms with E-state index in [2.05, 4.69) is 15.9 Å². The molecule has 1 aromatic carbocycles. The highest BCUT2D eigenvalue weighted by Crippen LogP contribution is 2.25. The molecule has 1 amide bonds. The molecule has 0 saturated carbocycles. The topological polar surface area (TPSA) is 49.8 Å². The number of hydroxylamine groups is 2. The van der Waals surface area contributed by atoms with Crippen molar-refractivity contribution in [2.45, 2.75) is 13.8 Å². The average molecular weight is 323 g/mol. The molecule has 0 bridgehead atoms. The van der Waals surface area contributed by atoms with Gasteiger partial charge in [0.1, 0.15) is 0 Å². The van der Waals surface area contributed by atoms with Gasteiger partial charge in [0.15, 0.2) is 5.75 Å². The largest absolute Gasteiger partial charge is 0.463 e. The third-order valence-electron chi connectivity index (χ3n) is 1.80. The van der Waals surface area contributed by atoms with Crippen LogP contribution in [0.1, 0.15) is 13.8 Å². The van der Waals surface area contributed by atoms with Crippen LogP contribution in [0.2, 0.25) is 5.02 Å². The smallest absolute Gasteiger partial charge is 0.440 e. The Bertz CT molecular complexity index is 391. The number of hydrogen-bond donors (Lipinski definition) is 1. The Morgan fingerprint density at radius 3 is 2.65 bits per heavy atom. The van der Waals surface area contributed by atoms with E-state index in [9.17, 15) is 4.79 Å². The zero-order chi connectivity index (χ0) is 13.0. The van der Waals surface area contributed by atoms with Gasteiger partial charge in [-0.1, -0.05) is 41.4 Å². The summed E-state index contributed by atoms with van der Waals surface area (Å²) < 4.78 is 0.731. The lowest BCUT2D eigenvalue weighted by Gasteiger charge is -2.21. The molecule has 0 fully saturated rings. The predicted octanol–water partition coefficient (Wildman–Crippen LogP) is 4.03. The fourth-order valence-corrected chi connectivity index (χ4v) is 2.02. The second-order valence-corrected chi connectivity index (χ2v) is 5.29. The molecule has 0 saturated heterocycles. The number of carboxylic acid groups (broad SMARTS) is 1. The van der Waals surface area contributed by atoms with Gasteiger partial charge in [0.25, 0.3) is 0 Å². The maximum absolute atomic E-state index is 11.0. The van der Waals surface area contributed by atoms with Gasteiger partial charge in [-0.05, 0) is 18.1 Å². The number of rotatable bonds is 4. The Hall–Kier alpha value is -0.940. The monoisotopic (exact) mass is 321 g/mol. The first kappa shape index (κ1) is 14.1. The summed E-state index contributed by atoms with van der Waals surface area (Å²) in [7, 11) is 0. The minimum atomic E-state index is -1.13. The summed E-state index contributed by atoms with van der Waals surface area (Å²) in [5, 5.41) is 10.3. The standard InChI is InChI=1S/C11H13BrClNO3/c1-7(2)6-14(11(15)16)17-10-4-8(12)3-9(13)5-10/h3-5,7H,6H2,1-2H3,(H,15,16). The van der Waals surface area contributed by atoms with Crippen LogP contribution in [0.25, 0.3) is 0 Å². The molecule has 1 rings (SSSR count). The van der Waals surface area contributed by atoms with Crippen LogP contribution in [0.3, 0.4) is 0 Å². The van der Waals surface area contributed by atoms with Gasteiger partial charge in [-0.15, -0.1) is 5.06 Å². The molecule has 1 aromatic rings. The molecular formula is C11H13BrClNO3. The second-order valence-electron chi connectivity index (χ2n) is 3.93. The molecule has 94 valence electrons. The number of amides is 1. The summed E-state index contributed by atoms with van der Waals surface area (Å²) in [6, 6.07) is 4.91. The summed E-state index contributed by atoms with van der Waals surface area (Å²) in [6.07, 6.45) is -1.13. The quantitative estimate of drug-likeness (QED) is 0.851. The van der Waals surface area contributed by atoms with Gasteiger partial charge in [-0.25, -0.2) is 4.79 Å². The summed E-state index contributed by atoms with van der Waals surface area (Å²) in [6.45, 7) is 4.11. The highest BCUT2D eigenvalue weighted by molar-refractivity contribution is 9.10. The highest BCUT2D eigenvalue weighted by Gasteiger charge is 2.16. The lowest BCUT2D eigenvalue weighted by molar-refractivity contribution is -0.0434. The minimum Gasteiger partial charge on any atom is -0.463 e. The second kappa shape index (κ2) is 6.12. The van der Waals surface area contributed by atoms with Crippen LogP contribution >= 0.6 is 27.5 Å². The molecule has 0 spiro atoms. The van der Waals surface area contributed by atoms with Crippen molar-refractivity contribution in [1.29, 1.82) is 0 Å². The first-order chi connectivity index (χ1) is 7.88. The number of hydrogen-bond acceptors (Lipinski definition) is 2. The molecule has 0 aliphatic heterocycles. The van der Waals surface area contributed by atoms with Gasteiger partial charge < -0.3 is 9.94 Å². The van der Waals surface area contributed by atoms with Gasteiger partial charge in [0.2, 0.25) is 0 Å². The third kappa shape index (κ3) is 4.83. The third-order valence-corrected chi connectivity index (χ3v) is 2.47. The van der Waals surface area contributed by atoms with E-state index < -0.39 is 6.09 Å². The molecule has 17 heavy (non-hydrogen) atoms. The minimum absolute atomic E-state index is 0.175. The molecule has 0 aliphatic carbocycles. The molecular weight excluding hydrogens is 309 g/mol. The lowest BCUT2D eigenvalue weighted by atomic mass is 10.2. The van der Waals surface area contributed by atoms with Crippen LogP contribution in [-0.2, 0) is 0 Å². The molecule has 0 aliphatic rings. The predicted molar refractivity (Wildman–Crippen MR) is 69.3 cm³/mol. The van der Waals surface area contributed by atoms with Crippen molar-refractivity contribution in [3.63, 3.8) is 0 Å². The zero-order valence-electron chi connectivity index (χ0n) is 9.48. The van der Waals surface area contributed by atoms with Crippen molar-refractivity contribution in [3.05, 3.63) is 27.7 Å². The van der Waals surface area contributed by atoms with E-state index in [1.54, 1.807) is 18.2 Å². The summed E-state index contributed by atoms with van der Waals surface area (Å²) >= 11 is 9.10. The highest BCUT2D eigenvalue weighted by atomic mass is 79.9. The van der Waals surface area contributed by atoms with Gasteiger partial charge in [0.05, 0.1) is 6.54 Å². The fraction of sp³-hybridized carbons (Fsp3) is 0.364. The summed E-state index contributed by atoms with van der Waals surface area (Å²) in [4.78, 5) is 16.2. The molecule has 0 radical (unpaired) electrons. The van der Waals surface area contributed by atoms with Crippen molar-refractivity contribution in [2.75, 3.05) is 6.54 Å². The Morgan fingerprint density at radius 2 is 2.18 bits per heavy atom. The van der Waals surface area contributed by atoms with E-state index in [0.29, 0.717) is 17.3 Å². The number of benzene rings is 1. The molecule has 0 heterocycles. The van der Waals surface area contributed by atoms with E-state index in [1.165, 1.54) is 0 Å². The van der Waals surface area contributed by atoms with Gasteiger partial charge in [-0.2, -0.15) is 0 Å². The Morgan fingerprint density at radius 1 is 1.53 bits per heavy atom. The van der Waals surface area contributed by atoms with E-state index >= 15 is 0 Å². The van der Waals surface area contributed by atoms with Crippen molar-refractivity contribution in [1.82, 2.24) is 5.06 Å². The molecule has 6 heteroatoms. The van der Waals surface area contributed by atoms with Crippen molar-refractivity contribution >= 4 is 33.6 Å². The van der Waals surface area contributed by atoms with E-state index in [1.807, 2.05) is 13.8 Å².